The molecule has 1 heterocycles. The number of rotatable bonds is 7. The molecule has 5 nitrogen and oxygen atoms in total. The quantitative estimate of drug-likeness (QED) is 0.792. The Kier molecular flexibility index (Phi) is 6.49. The number of hydrogen-bond acceptors (Lipinski definition) is 4. The van der Waals surface area contributed by atoms with Crippen molar-refractivity contribution in [3.05, 3.63) is 23.4 Å². The molecule has 0 aliphatic carbocycles. The average Bonchev–Trinajstić information content (AvgIpc) is 2.35. The highest BCUT2D eigenvalue weighted by Gasteiger charge is 2.08. The van der Waals surface area contributed by atoms with Crippen LogP contribution in [0.1, 0.15) is 29.4 Å². The van der Waals surface area contributed by atoms with Gasteiger partial charge < -0.3 is 10.6 Å². The van der Waals surface area contributed by atoms with Crippen molar-refractivity contribution >= 4 is 22.5 Å². The van der Waals surface area contributed by atoms with Crippen molar-refractivity contribution in [2.45, 2.75) is 20.3 Å². The van der Waals surface area contributed by atoms with Crippen molar-refractivity contribution in [3.63, 3.8) is 0 Å². The molecule has 0 aliphatic rings. The molecule has 106 valence electrons. The molecule has 1 unspecified atom stereocenters. The first-order chi connectivity index (χ1) is 9.02. The standard InChI is InChI=1S/C13H21N3O2S/c1-4-5-14-12-9-11(8-10(2)16-12)13(17)15-6-7-19(3)18/h8-9H,4-7H2,1-3H3,(H,14,16)(H,15,17). The molecule has 0 radical (unpaired) electrons. The number of nitrogens with one attached hydrogen (secondary N) is 2. The van der Waals surface area contributed by atoms with E-state index in [0.717, 1.165) is 18.7 Å². The zero-order valence-corrected chi connectivity index (χ0v) is 12.5. The minimum atomic E-state index is -0.891. The fraction of sp³-hybridized carbons (Fsp3) is 0.538. The molecule has 0 aliphatic heterocycles. The number of aryl methyl sites for hydroxylation is 1. The fourth-order valence-electron chi connectivity index (χ4n) is 1.55. The topological polar surface area (TPSA) is 71.1 Å². The van der Waals surface area contributed by atoms with Crippen LogP contribution in [-0.4, -0.2) is 40.2 Å². The summed E-state index contributed by atoms with van der Waals surface area (Å²) in [6, 6.07) is 3.48. The summed E-state index contributed by atoms with van der Waals surface area (Å²) in [5.74, 6) is 1.03. The molecule has 0 aromatic carbocycles. The molecule has 19 heavy (non-hydrogen) atoms. The molecule has 1 aromatic rings. The predicted molar refractivity (Wildman–Crippen MR) is 79.0 cm³/mol. The second-order valence-electron chi connectivity index (χ2n) is 4.34. The van der Waals surface area contributed by atoms with Crippen LogP contribution in [0, 0.1) is 6.92 Å². The van der Waals surface area contributed by atoms with E-state index in [1.165, 1.54) is 0 Å². The third kappa shape index (κ3) is 5.83. The van der Waals surface area contributed by atoms with Crippen molar-refractivity contribution in [2.75, 3.05) is 30.4 Å². The van der Waals surface area contributed by atoms with Gasteiger partial charge in [-0.3, -0.25) is 9.00 Å². The van der Waals surface area contributed by atoms with Gasteiger partial charge in [0, 0.05) is 47.2 Å². The third-order valence-corrected chi connectivity index (χ3v) is 3.23. The first-order valence-electron chi connectivity index (χ1n) is 6.33. The molecular weight excluding hydrogens is 262 g/mol. The van der Waals surface area contributed by atoms with Crippen LogP contribution >= 0.6 is 0 Å². The number of pyridine rings is 1. The highest BCUT2D eigenvalue weighted by molar-refractivity contribution is 7.84. The van der Waals surface area contributed by atoms with E-state index in [2.05, 4.69) is 22.5 Å². The molecular formula is C13H21N3O2S. The molecule has 0 bridgehead atoms. The zero-order chi connectivity index (χ0) is 14.3. The molecule has 0 saturated carbocycles. The molecule has 1 aromatic heterocycles. The van der Waals surface area contributed by atoms with Crippen molar-refractivity contribution in [1.82, 2.24) is 10.3 Å². The van der Waals surface area contributed by atoms with E-state index < -0.39 is 10.8 Å². The van der Waals surface area contributed by atoms with E-state index in [9.17, 15) is 9.00 Å². The van der Waals surface area contributed by atoms with Gasteiger partial charge in [-0.1, -0.05) is 6.92 Å². The van der Waals surface area contributed by atoms with Crippen molar-refractivity contribution in [1.29, 1.82) is 0 Å². The van der Waals surface area contributed by atoms with E-state index in [1.54, 1.807) is 18.4 Å². The SMILES string of the molecule is CCCNc1cc(C(=O)NCCS(C)=O)cc(C)n1. The van der Waals surface area contributed by atoms with Crippen LogP contribution in [0.2, 0.25) is 0 Å². The van der Waals surface area contributed by atoms with Crippen LogP contribution in [0.3, 0.4) is 0 Å². The summed E-state index contributed by atoms with van der Waals surface area (Å²) in [6.07, 6.45) is 2.62. The number of nitrogens with zero attached hydrogens (tertiary/aromatic N) is 1. The van der Waals surface area contributed by atoms with E-state index in [0.29, 0.717) is 23.7 Å². The van der Waals surface area contributed by atoms with Gasteiger partial charge in [-0.2, -0.15) is 0 Å². The number of carbonyl (C=O) groups is 1. The van der Waals surface area contributed by atoms with Crippen LogP contribution in [0.25, 0.3) is 0 Å². The summed E-state index contributed by atoms with van der Waals surface area (Å²) in [5, 5.41) is 5.92. The average molecular weight is 283 g/mol. The zero-order valence-electron chi connectivity index (χ0n) is 11.7. The van der Waals surface area contributed by atoms with Gasteiger partial charge in [-0.15, -0.1) is 0 Å². The van der Waals surface area contributed by atoms with Crippen LogP contribution in [-0.2, 0) is 10.8 Å². The molecule has 0 saturated heterocycles. The minimum absolute atomic E-state index is 0.157. The second-order valence-corrected chi connectivity index (χ2v) is 5.90. The van der Waals surface area contributed by atoms with Crippen molar-refractivity contribution < 1.29 is 9.00 Å². The Morgan fingerprint density at radius 1 is 1.37 bits per heavy atom. The Hall–Kier alpha value is -1.43. The minimum Gasteiger partial charge on any atom is -0.370 e. The van der Waals surface area contributed by atoms with E-state index in [4.69, 9.17) is 0 Å². The number of carbonyl (C=O) groups excluding carboxylic acids is 1. The lowest BCUT2D eigenvalue weighted by Crippen LogP contribution is -2.27. The molecule has 0 fully saturated rings. The Balaban J connectivity index is 2.67. The monoisotopic (exact) mass is 283 g/mol. The number of hydrogen-bond donors (Lipinski definition) is 2. The van der Waals surface area contributed by atoms with Crippen molar-refractivity contribution in [3.8, 4) is 0 Å². The number of amides is 1. The summed E-state index contributed by atoms with van der Waals surface area (Å²) in [6.45, 7) is 5.17. The third-order valence-electron chi connectivity index (χ3n) is 2.45. The van der Waals surface area contributed by atoms with Gasteiger partial charge >= 0.3 is 0 Å². The Bertz CT molecular complexity index is 463. The predicted octanol–water partition coefficient (Wildman–Crippen LogP) is 1.32. The summed E-state index contributed by atoms with van der Waals surface area (Å²) >= 11 is 0. The molecule has 0 spiro atoms. The highest BCUT2D eigenvalue weighted by Crippen LogP contribution is 2.10. The first kappa shape index (κ1) is 15.6. The van der Waals surface area contributed by atoms with Crippen molar-refractivity contribution in [2.24, 2.45) is 0 Å². The molecule has 1 rings (SSSR count). The number of aromatic nitrogens is 1. The van der Waals surface area contributed by atoms with Gasteiger partial charge in [0.25, 0.3) is 5.91 Å². The van der Waals surface area contributed by atoms with Gasteiger partial charge in [-0.05, 0) is 25.5 Å². The Morgan fingerprint density at radius 3 is 2.74 bits per heavy atom. The number of anilines is 1. The lowest BCUT2D eigenvalue weighted by atomic mass is 10.2. The lowest BCUT2D eigenvalue weighted by Gasteiger charge is -2.09. The molecule has 1 atom stereocenters. The van der Waals surface area contributed by atoms with Gasteiger partial charge in [-0.25, -0.2) is 4.98 Å². The molecule has 6 heteroatoms. The summed E-state index contributed by atoms with van der Waals surface area (Å²) in [4.78, 5) is 16.3. The summed E-state index contributed by atoms with van der Waals surface area (Å²) in [5.41, 5.74) is 1.37. The maximum absolute atomic E-state index is 11.9. The van der Waals surface area contributed by atoms with E-state index in [1.807, 2.05) is 6.92 Å². The normalized spacial score (nSPS) is 11.9. The van der Waals surface area contributed by atoms with Crippen LogP contribution in [0.5, 0.6) is 0 Å². The second kappa shape index (κ2) is 7.89. The maximum Gasteiger partial charge on any atom is 0.251 e. The van der Waals surface area contributed by atoms with Gasteiger partial charge in [0.2, 0.25) is 0 Å². The van der Waals surface area contributed by atoms with Gasteiger partial charge in [0.1, 0.15) is 5.82 Å². The first-order valence-corrected chi connectivity index (χ1v) is 8.06. The lowest BCUT2D eigenvalue weighted by molar-refractivity contribution is 0.0956. The summed E-state index contributed by atoms with van der Waals surface area (Å²) < 4.78 is 10.9. The smallest absolute Gasteiger partial charge is 0.251 e. The van der Waals surface area contributed by atoms with E-state index >= 15 is 0 Å². The van der Waals surface area contributed by atoms with Crippen LogP contribution in [0.15, 0.2) is 12.1 Å². The molecule has 2 N–H and O–H groups in total. The molecule has 1 amide bonds. The maximum atomic E-state index is 11.9. The van der Waals surface area contributed by atoms with Gasteiger partial charge in [0.15, 0.2) is 0 Å². The summed E-state index contributed by atoms with van der Waals surface area (Å²) in [7, 11) is -0.891. The van der Waals surface area contributed by atoms with E-state index in [-0.39, 0.29) is 5.91 Å². The Labute approximate surface area is 116 Å². The van der Waals surface area contributed by atoms with Gasteiger partial charge in [0.05, 0.1) is 0 Å². The van der Waals surface area contributed by atoms with Crippen LogP contribution < -0.4 is 10.6 Å². The highest BCUT2D eigenvalue weighted by atomic mass is 32.2. The largest absolute Gasteiger partial charge is 0.370 e. The Morgan fingerprint density at radius 2 is 2.11 bits per heavy atom. The van der Waals surface area contributed by atoms with Crippen LogP contribution in [0.4, 0.5) is 5.82 Å². The fourth-order valence-corrected chi connectivity index (χ4v) is 1.94.